The summed E-state index contributed by atoms with van der Waals surface area (Å²) in [6.45, 7) is 1.91. The Morgan fingerprint density at radius 3 is 2.45 bits per heavy atom. The first kappa shape index (κ1) is 14.5. The lowest BCUT2D eigenvalue weighted by atomic mass is 10.1. The summed E-state index contributed by atoms with van der Waals surface area (Å²) in [5.74, 6) is 0.411. The molecule has 20 heavy (non-hydrogen) atoms. The molecule has 1 aliphatic heterocycles. The van der Waals surface area contributed by atoms with Crippen LogP contribution in [-0.2, 0) is 4.74 Å². The predicted octanol–water partition coefficient (Wildman–Crippen LogP) is 1.82. The molecule has 1 aromatic rings. The van der Waals surface area contributed by atoms with Crippen molar-refractivity contribution in [2.24, 2.45) is 5.92 Å². The molecule has 0 aliphatic carbocycles. The third-order valence-electron chi connectivity index (χ3n) is 3.19. The van der Waals surface area contributed by atoms with Crippen molar-refractivity contribution < 1.29 is 28.8 Å². The summed E-state index contributed by atoms with van der Waals surface area (Å²) in [5.41, 5.74) is 0.0928. The smallest absolute Gasteiger partial charge is 0.335 e. The first-order chi connectivity index (χ1) is 9.65. The Labute approximate surface area is 117 Å². The van der Waals surface area contributed by atoms with E-state index in [-0.39, 0.29) is 5.56 Å². The van der Waals surface area contributed by atoms with Gasteiger partial charge in [0, 0.05) is 12.5 Å². The van der Waals surface area contributed by atoms with Crippen LogP contribution in [0, 0.1) is 5.92 Å². The molecular formula is C14H18O6. The lowest BCUT2D eigenvalue weighted by molar-refractivity contribution is 0.0696. The molecule has 6 nitrogen and oxygen atoms in total. The molecule has 1 unspecified atom stereocenters. The average Bonchev–Trinajstić information content (AvgIpc) is 2.97. The van der Waals surface area contributed by atoms with Crippen LogP contribution in [0.2, 0.25) is 0 Å². The number of carboxylic acid groups (broad SMARTS) is 1. The van der Waals surface area contributed by atoms with Gasteiger partial charge in [0.2, 0.25) is 5.75 Å². The maximum absolute atomic E-state index is 11.0. The number of carboxylic acids is 1. The fourth-order valence-corrected chi connectivity index (χ4v) is 2.06. The molecule has 6 heteroatoms. The SMILES string of the molecule is COc1cc(C(=O)O)cc(OC)c1OCC1CCOC1. The van der Waals surface area contributed by atoms with Gasteiger partial charge in [-0.3, -0.25) is 0 Å². The summed E-state index contributed by atoms with van der Waals surface area (Å²) in [7, 11) is 2.93. The second-order valence-corrected chi connectivity index (χ2v) is 4.56. The molecule has 1 fully saturated rings. The fraction of sp³-hybridized carbons (Fsp3) is 0.500. The number of ether oxygens (including phenoxy) is 4. The van der Waals surface area contributed by atoms with E-state index in [9.17, 15) is 4.79 Å². The van der Waals surface area contributed by atoms with Crippen molar-refractivity contribution in [3.63, 3.8) is 0 Å². The van der Waals surface area contributed by atoms with E-state index in [1.807, 2.05) is 0 Å². The summed E-state index contributed by atoms with van der Waals surface area (Å²) in [6.07, 6.45) is 0.956. The summed E-state index contributed by atoms with van der Waals surface area (Å²) in [6, 6.07) is 2.84. The number of benzene rings is 1. The molecule has 2 rings (SSSR count). The highest BCUT2D eigenvalue weighted by molar-refractivity contribution is 5.89. The van der Waals surface area contributed by atoms with Crippen molar-refractivity contribution in [3.8, 4) is 17.2 Å². The fourth-order valence-electron chi connectivity index (χ4n) is 2.06. The standard InChI is InChI=1S/C14H18O6/c1-17-11-5-10(14(15)16)6-12(18-2)13(11)20-8-9-3-4-19-7-9/h5-6,9H,3-4,7-8H2,1-2H3,(H,15,16). The van der Waals surface area contributed by atoms with Crippen LogP contribution in [0.15, 0.2) is 12.1 Å². The minimum Gasteiger partial charge on any atom is -0.493 e. The zero-order valence-corrected chi connectivity index (χ0v) is 11.5. The summed E-state index contributed by atoms with van der Waals surface area (Å²) >= 11 is 0. The molecule has 0 saturated carbocycles. The van der Waals surface area contributed by atoms with Crippen LogP contribution < -0.4 is 14.2 Å². The third kappa shape index (κ3) is 3.14. The van der Waals surface area contributed by atoms with Crippen molar-refractivity contribution in [2.45, 2.75) is 6.42 Å². The molecule has 1 aliphatic rings. The molecule has 110 valence electrons. The highest BCUT2D eigenvalue weighted by Crippen LogP contribution is 2.39. The molecule has 0 spiro atoms. The van der Waals surface area contributed by atoms with E-state index in [0.717, 1.165) is 13.0 Å². The van der Waals surface area contributed by atoms with Gasteiger partial charge in [0.05, 0.1) is 33.0 Å². The van der Waals surface area contributed by atoms with Crippen molar-refractivity contribution in [1.82, 2.24) is 0 Å². The van der Waals surface area contributed by atoms with Crippen molar-refractivity contribution in [1.29, 1.82) is 0 Å². The first-order valence-electron chi connectivity index (χ1n) is 6.35. The highest BCUT2D eigenvalue weighted by Gasteiger charge is 2.21. The Bertz CT molecular complexity index is 454. The topological polar surface area (TPSA) is 74.2 Å². The van der Waals surface area contributed by atoms with Crippen LogP contribution in [-0.4, -0.2) is 45.1 Å². The molecule has 1 N–H and O–H groups in total. The van der Waals surface area contributed by atoms with E-state index in [1.165, 1.54) is 26.4 Å². The number of carbonyl (C=O) groups is 1. The maximum atomic E-state index is 11.0. The molecular weight excluding hydrogens is 264 g/mol. The van der Waals surface area contributed by atoms with Gasteiger partial charge in [-0.25, -0.2) is 4.79 Å². The normalized spacial score (nSPS) is 17.8. The van der Waals surface area contributed by atoms with Gasteiger partial charge in [0.1, 0.15) is 0 Å². The van der Waals surface area contributed by atoms with Gasteiger partial charge in [-0.2, -0.15) is 0 Å². The van der Waals surface area contributed by atoms with Gasteiger partial charge in [-0.1, -0.05) is 0 Å². The number of hydrogen-bond donors (Lipinski definition) is 1. The second-order valence-electron chi connectivity index (χ2n) is 4.56. The van der Waals surface area contributed by atoms with E-state index in [2.05, 4.69) is 0 Å². The monoisotopic (exact) mass is 282 g/mol. The van der Waals surface area contributed by atoms with E-state index < -0.39 is 5.97 Å². The summed E-state index contributed by atoms with van der Waals surface area (Å²) in [4.78, 5) is 11.0. The Morgan fingerprint density at radius 2 is 2.00 bits per heavy atom. The number of aromatic carboxylic acids is 1. The third-order valence-corrected chi connectivity index (χ3v) is 3.19. The predicted molar refractivity (Wildman–Crippen MR) is 70.9 cm³/mol. The van der Waals surface area contributed by atoms with Crippen molar-refractivity contribution >= 4 is 5.97 Å². The van der Waals surface area contributed by atoms with Crippen LogP contribution in [0.3, 0.4) is 0 Å². The molecule has 0 bridgehead atoms. The van der Waals surface area contributed by atoms with Gasteiger partial charge in [-0.15, -0.1) is 0 Å². The van der Waals surface area contributed by atoms with Gasteiger partial charge in [0.25, 0.3) is 0 Å². The second kappa shape index (κ2) is 6.47. The number of methoxy groups -OCH3 is 2. The maximum Gasteiger partial charge on any atom is 0.335 e. The lowest BCUT2D eigenvalue weighted by Crippen LogP contribution is -2.13. The lowest BCUT2D eigenvalue weighted by Gasteiger charge is -2.17. The molecule has 1 atom stereocenters. The van der Waals surface area contributed by atoms with Crippen LogP contribution >= 0.6 is 0 Å². The Balaban J connectivity index is 2.22. The van der Waals surface area contributed by atoms with E-state index in [1.54, 1.807) is 0 Å². The Kier molecular flexibility index (Phi) is 4.68. The van der Waals surface area contributed by atoms with Crippen molar-refractivity contribution in [2.75, 3.05) is 34.0 Å². The van der Waals surface area contributed by atoms with Gasteiger partial charge >= 0.3 is 5.97 Å². The van der Waals surface area contributed by atoms with Gasteiger partial charge in [0.15, 0.2) is 11.5 Å². The average molecular weight is 282 g/mol. The molecule has 0 amide bonds. The minimum atomic E-state index is -1.04. The van der Waals surface area contributed by atoms with Crippen molar-refractivity contribution in [3.05, 3.63) is 17.7 Å². The van der Waals surface area contributed by atoms with Crippen LogP contribution in [0.1, 0.15) is 16.8 Å². The minimum absolute atomic E-state index is 0.0928. The van der Waals surface area contributed by atoms with Crippen LogP contribution in [0.5, 0.6) is 17.2 Å². The Hall–Kier alpha value is -1.95. The largest absolute Gasteiger partial charge is 0.493 e. The zero-order valence-electron chi connectivity index (χ0n) is 11.5. The van der Waals surface area contributed by atoms with Gasteiger partial charge < -0.3 is 24.1 Å². The molecule has 0 radical (unpaired) electrons. The van der Waals surface area contributed by atoms with Crippen LogP contribution in [0.25, 0.3) is 0 Å². The Morgan fingerprint density at radius 1 is 1.35 bits per heavy atom. The first-order valence-corrected chi connectivity index (χ1v) is 6.35. The van der Waals surface area contributed by atoms with E-state index in [4.69, 9.17) is 24.1 Å². The summed E-state index contributed by atoms with van der Waals surface area (Å²) in [5, 5.41) is 9.05. The molecule has 0 aromatic heterocycles. The zero-order chi connectivity index (χ0) is 14.5. The summed E-state index contributed by atoms with van der Waals surface area (Å²) < 4.78 is 21.4. The molecule has 1 saturated heterocycles. The van der Waals surface area contributed by atoms with Gasteiger partial charge in [-0.05, 0) is 18.6 Å². The number of hydrogen-bond acceptors (Lipinski definition) is 5. The van der Waals surface area contributed by atoms with E-state index >= 15 is 0 Å². The van der Waals surface area contributed by atoms with Crippen LogP contribution in [0.4, 0.5) is 0 Å². The highest BCUT2D eigenvalue weighted by atomic mass is 16.5. The molecule has 1 heterocycles. The van der Waals surface area contributed by atoms with E-state index in [0.29, 0.717) is 36.4 Å². The number of rotatable bonds is 6. The quantitative estimate of drug-likeness (QED) is 0.858. The molecule has 1 aromatic carbocycles.